The number of hydrogen-bond donors (Lipinski definition) is 2. The molecule has 2 aliphatic heterocycles. The van der Waals surface area contributed by atoms with Gasteiger partial charge in [0.25, 0.3) is 10.0 Å². The number of anilines is 2. The molecule has 3 aromatic carbocycles. The van der Waals surface area contributed by atoms with E-state index in [2.05, 4.69) is 46.5 Å². The van der Waals surface area contributed by atoms with Crippen LogP contribution in [0.1, 0.15) is 40.6 Å². The van der Waals surface area contributed by atoms with Crippen LogP contribution in [0.2, 0.25) is 0 Å². The molecule has 1 fully saturated rings. The molecule has 0 bridgehead atoms. The average Bonchev–Trinajstić information content (AvgIpc) is 3.34. The number of hydrogen-bond acceptors (Lipinski definition) is 5. The van der Waals surface area contributed by atoms with Crippen LogP contribution in [-0.2, 0) is 10.0 Å². The molecule has 7 heteroatoms. The van der Waals surface area contributed by atoms with Gasteiger partial charge in [0.2, 0.25) is 0 Å². The number of allylic oxidation sites excluding steroid dienone is 2. The Morgan fingerprint density at radius 1 is 1.00 bits per heavy atom. The van der Waals surface area contributed by atoms with E-state index in [9.17, 15) is 8.42 Å². The summed E-state index contributed by atoms with van der Waals surface area (Å²) in [5, 5.41) is 3.71. The predicted molar refractivity (Wildman–Crippen MR) is 148 cm³/mol. The van der Waals surface area contributed by atoms with E-state index in [-0.39, 0.29) is 16.9 Å². The van der Waals surface area contributed by atoms with Crippen molar-refractivity contribution in [3.05, 3.63) is 95.1 Å². The molecule has 5 nitrogen and oxygen atoms in total. The van der Waals surface area contributed by atoms with Gasteiger partial charge in [-0.05, 0) is 84.8 Å². The smallest absolute Gasteiger partial charge is 0.261 e. The summed E-state index contributed by atoms with van der Waals surface area (Å²) in [6.07, 6.45) is 5.74. The molecule has 2 N–H and O–H groups in total. The maximum absolute atomic E-state index is 13.3. The van der Waals surface area contributed by atoms with Crippen molar-refractivity contribution in [2.24, 2.45) is 5.92 Å². The topological polar surface area (TPSA) is 67.4 Å². The van der Waals surface area contributed by atoms with Crippen LogP contribution in [-0.4, -0.2) is 26.0 Å². The van der Waals surface area contributed by atoms with Crippen LogP contribution in [0.15, 0.2) is 77.7 Å². The summed E-state index contributed by atoms with van der Waals surface area (Å²) in [7, 11) is -3.71. The van der Waals surface area contributed by atoms with Gasteiger partial charge in [-0.2, -0.15) is 11.8 Å². The highest BCUT2D eigenvalue weighted by molar-refractivity contribution is 8.00. The molecule has 0 unspecified atom stereocenters. The Morgan fingerprint density at radius 2 is 1.81 bits per heavy atom. The summed E-state index contributed by atoms with van der Waals surface area (Å²) >= 11 is 1.91. The first-order valence-electron chi connectivity index (χ1n) is 12.4. The minimum absolute atomic E-state index is 0.154. The molecule has 6 rings (SSSR count). The van der Waals surface area contributed by atoms with Gasteiger partial charge in [-0.1, -0.05) is 36.4 Å². The summed E-state index contributed by atoms with van der Waals surface area (Å²) in [5.74, 6) is 3.56. The van der Waals surface area contributed by atoms with E-state index >= 15 is 0 Å². The molecule has 186 valence electrons. The molecule has 3 aromatic rings. The van der Waals surface area contributed by atoms with E-state index in [4.69, 9.17) is 4.74 Å². The standard InChI is InChI=1S/C29H30N2O3S2/c1-18-6-7-19(2)28(14-18)31-36(32,33)23-12-13-27-26(15-23)24-4-3-5-25(24)29(30-27)20-8-10-21(11-9-20)34-22-16-35-17-22/h3-4,6-15,22,24-25,29-31H,5,16-17H2,1-2H3/t24-,25+,29+/m0/s1. The molecule has 1 saturated heterocycles. The molecule has 3 atom stereocenters. The number of fused-ring (bicyclic) bond motifs is 3. The first-order chi connectivity index (χ1) is 17.4. The molecule has 0 amide bonds. The molecule has 2 heterocycles. The van der Waals surface area contributed by atoms with Gasteiger partial charge in [0.1, 0.15) is 11.9 Å². The van der Waals surface area contributed by atoms with Gasteiger partial charge in [0.05, 0.1) is 16.6 Å². The fourth-order valence-electron chi connectivity index (χ4n) is 5.35. The summed E-state index contributed by atoms with van der Waals surface area (Å²) in [5.41, 5.74) is 5.78. The predicted octanol–water partition coefficient (Wildman–Crippen LogP) is 6.42. The van der Waals surface area contributed by atoms with Crippen molar-refractivity contribution in [1.29, 1.82) is 0 Å². The fourth-order valence-corrected chi connectivity index (χ4v) is 7.07. The summed E-state index contributed by atoms with van der Waals surface area (Å²) in [4.78, 5) is 0.289. The van der Waals surface area contributed by atoms with Crippen molar-refractivity contribution in [3.8, 4) is 5.75 Å². The first kappa shape index (κ1) is 23.5. The molecule has 0 saturated carbocycles. The summed E-state index contributed by atoms with van der Waals surface area (Å²) < 4.78 is 35.4. The zero-order valence-electron chi connectivity index (χ0n) is 20.4. The minimum atomic E-state index is -3.71. The number of nitrogens with one attached hydrogen (secondary N) is 2. The van der Waals surface area contributed by atoms with Crippen molar-refractivity contribution < 1.29 is 13.2 Å². The lowest BCUT2D eigenvalue weighted by Gasteiger charge is -2.38. The Labute approximate surface area is 217 Å². The normalized spacial score (nSPS) is 22.8. The second-order valence-electron chi connectivity index (χ2n) is 9.99. The quantitative estimate of drug-likeness (QED) is 0.368. The van der Waals surface area contributed by atoms with Gasteiger partial charge < -0.3 is 10.1 Å². The average molecular weight is 519 g/mol. The lowest BCUT2D eigenvalue weighted by atomic mass is 9.77. The fraction of sp³-hybridized carbons (Fsp3) is 0.310. The first-order valence-corrected chi connectivity index (χ1v) is 15.0. The molecule has 36 heavy (non-hydrogen) atoms. The zero-order valence-corrected chi connectivity index (χ0v) is 22.0. The molecule has 3 aliphatic rings. The Hall–Kier alpha value is -2.90. The Kier molecular flexibility index (Phi) is 6.00. The van der Waals surface area contributed by atoms with Crippen LogP contribution < -0.4 is 14.8 Å². The maximum atomic E-state index is 13.3. The molecule has 0 spiro atoms. The minimum Gasteiger partial charge on any atom is -0.489 e. The summed E-state index contributed by atoms with van der Waals surface area (Å²) in [6, 6.07) is 19.8. The maximum Gasteiger partial charge on any atom is 0.261 e. The Morgan fingerprint density at radius 3 is 2.56 bits per heavy atom. The zero-order chi connectivity index (χ0) is 24.9. The number of ether oxygens (including phenoxy) is 1. The lowest BCUT2D eigenvalue weighted by Crippen LogP contribution is -2.31. The van der Waals surface area contributed by atoms with Crippen molar-refractivity contribution in [2.75, 3.05) is 21.5 Å². The van der Waals surface area contributed by atoms with E-state index in [1.165, 1.54) is 5.56 Å². The van der Waals surface area contributed by atoms with Gasteiger partial charge in [0.15, 0.2) is 0 Å². The van der Waals surface area contributed by atoms with E-state index in [0.29, 0.717) is 17.7 Å². The molecular formula is C29H30N2O3S2. The van der Waals surface area contributed by atoms with E-state index in [0.717, 1.165) is 46.1 Å². The van der Waals surface area contributed by atoms with Crippen LogP contribution in [0.3, 0.4) is 0 Å². The van der Waals surface area contributed by atoms with Gasteiger partial charge in [-0.15, -0.1) is 0 Å². The number of sulfonamides is 1. The highest BCUT2D eigenvalue weighted by Gasteiger charge is 2.38. The van der Waals surface area contributed by atoms with Crippen LogP contribution in [0.25, 0.3) is 0 Å². The monoisotopic (exact) mass is 518 g/mol. The third-order valence-corrected chi connectivity index (χ3v) is 10.0. The van der Waals surface area contributed by atoms with Crippen LogP contribution in [0.4, 0.5) is 11.4 Å². The van der Waals surface area contributed by atoms with Crippen molar-refractivity contribution in [2.45, 2.75) is 43.2 Å². The van der Waals surface area contributed by atoms with E-state index < -0.39 is 10.0 Å². The summed E-state index contributed by atoms with van der Waals surface area (Å²) in [6.45, 7) is 3.87. The van der Waals surface area contributed by atoms with Crippen LogP contribution in [0, 0.1) is 19.8 Å². The van der Waals surface area contributed by atoms with Crippen molar-refractivity contribution >= 4 is 33.2 Å². The largest absolute Gasteiger partial charge is 0.489 e. The Balaban J connectivity index is 1.27. The Bertz CT molecular complexity index is 1430. The second kappa shape index (κ2) is 9.20. The van der Waals surface area contributed by atoms with E-state index in [1.807, 2.05) is 55.9 Å². The molecular weight excluding hydrogens is 488 g/mol. The van der Waals surface area contributed by atoms with Gasteiger partial charge >= 0.3 is 0 Å². The third-order valence-electron chi connectivity index (χ3n) is 7.43. The molecule has 1 aliphatic carbocycles. The highest BCUT2D eigenvalue weighted by Crippen LogP contribution is 2.50. The second-order valence-corrected chi connectivity index (χ2v) is 12.8. The van der Waals surface area contributed by atoms with Gasteiger partial charge in [-0.25, -0.2) is 8.42 Å². The van der Waals surface area contributed by atoms with Gasteiger partial charge in [-0.3, -0.25) is 4.72 Å². The van der Waals surface area contributed by atoms with Gasteiger partial charge in [0, 0.05) is 23.1 Å². The van der Waals surface area contributed by atoms with Crippen molar-refractivity contribution in [1.82, 2.24) is 0 Å². The highest BCUT2D eigenvalue weighted by atomic mass is 32.2. The molecule has 0 radical (unpaired) electrons. The van der Waals surface area contributed by atoms with Crippen LogP contribution >= 0.6 is 11.8 Å². The lowest BCUT2D eigenvalue weighted by molar-refractivity contribution is 0.240. The molecule has 0 aromatic heterocycles. The van der Waals surface area contributed by atoms with Crippen LogP contribution in [0.5, 0.6) is 5.75 Å². The number of aryl methyl sites for hydroxylation is 2. The number of thioether (sulfide) groups is 1. The SMILES string of the molecule is Cc1ccc(C)c(NS(=O)(=O)c2ccc3c(c2)[C@H]2C=CC[C@H]2[C@@H](c2ccc(OC4CSC4)cc2)N3)c1. The number of rotatable bonds is 6. The number of benzene rings is 3. The van der Waals surface area contributed by atoms with E-state index in [1.54, 1.807) is 6.07 Å². The van der Waals surface area contributed by atoms with Crippen molar-refractivity contribution in [3.63, 3.8) is 0 Å². The third kappa shape index (κ3) is 4.39.